The molecule has 2 amide bonds. The molecule has 1 atom stereocenters. The highest BCUT2D eigenvalue weighted by Crippen LogP contribution is 2.20. The smallest absolute Gasteiger partial charge is 0.244 e. The first-order valence-electron chi connectivity index (χ1n) is 10.3. The molecule has 0 bridgehead atoms. The summed E-state index contributed by atoms with van der Waals surface area (Å²) in [4.78, 5) is 27.3. The first kappa shape index (κ1) is 25.2. The molecule has 2 aromatic rings. The zero-order chi connectivity index (χ0) is 23.9. The minimum absolute atomic E-state index is 0.145. The van der Waals surface area contributed by atoms with Crippen molar-refractivity contribution in [1.29, 1.82) is 0 Å². The van der Waals surface area contributed by atoms with Crippen molar-refractivity contribution in [2.45, 2.75) is 33.4 Å². The van der Waals surface area contributed by atoms with Crippen LogP contribution in [0.1, 0.15) is 25.0 Å². The number of methoxy groups -OCH3 is 1. The van der Waals surface area contributed by atoms with E-state index < -0.39 is 28.5 Å². The number of carbonyl (C=O) groups excluding carboxylic acids is 2. The molecule has 0 aliphatic heterocycles. The van der Waals surface area contributed by atoms with Gasteiger partial charge in [0.2, 0.25) is 21.8 Å². The Bertz CT molecular complexity index is 1040. The molecule has 0 aliphatic rings. The predicted octanol–water partition coefficient (Wildman–Crippen LogP) is 2.32. The molecule has 0 heterocycles. The fourth-order valence-electron chi connectivity index (χ4n) is 3.23. The number of sulfonamides is 1. The second-order valence-corrected chi connectivity index (χ2v) is 9.46. The van der Waals surface area contributed by atoms with Gasteiger partial charge in [0.25, 0.3) is 0 Å². The van der Waals surface area contributed by atoms with E-state index in [1.807, 2.05) is 13.0 Å². The molecular formula is C23H31N3O5S. The van der Waals surface area contributed by atoms with Gasteiger partial charge in [0.05, 0.1) is 19.1 Å². The molecule has 0 aromatic heterocycles. The lowest BCUT2D eigenvalue weighted by Gasteiger charge is -2.31. The first-order valence-corrected chi connectivity index (χ1v) is 12.2. The van der Waals surface area contributed by atoms with E-state index in [0.29, 0.717) is 18.0 Å². The van der Waals surface area contributed by atoms with Crippen LogP contribution < -0.4 is 14.4 Å². The summed E-state index contributed by atoms with van der Waals surface area (Å²) in [6.07, 6.45) is 1.06. The number of anilines is 1. The van der Waals surface area contributed by atoms with Crippen molar-refractivity contribution in [2.24, 2.45) is 0 Å². The van der Waals surface area contributed by atoms with Gasteiger partial charge in [-0.15, -0.1) is 0 Å². The summed E-state index contributed by atoms with van der Waals surface area (Å²) in [5.74, 6) is -0.117. The van der Waals surface area contributed by atoms with Gasteiger partial charge in [-0.05, 0) is 56.2 Å². The number of nitrogens with zero attached hydrogens (tertiary/aromatic N) is 2. The molecule has 0 saturated carbocycles. The summed E-state index contributed by atoms with van der Waals surface area (Å²) < 4.78 is 31.2. The van der Waals surface area contributed by atoms with E-state index in [2.05, 4.69) is 5.32 Å². The van der Waals surface area contributed by atoms with Crippen LogP contribution in [-0.4, -0.2) is 57.6 Å². The van der Waals surface area contributed by atoms with Crippen LogP contribution in [0.25, 0.3) is 0 Å². The second kappa shape index (κ2) is 11.0. The van der Waals surface area contributed by atoms with Crippen molar-refractivity contribution in [3.8, 4) is 5.75 Å². The molecule has 2 rings (SSSR count). The lowest BCUT2D eigenvalue weighted by atomic mass is 10.1. The zero-order valence-corrected chi connectivity index (χ0v) is 20.0. The third-order valence-electron chi connectivity index (χ3n) is 5.00. The fraction of sp³-hybridized carbons (Fsp3) is 0.391. The topological polar surface area (TPSA) is 96.0 Å². The molecular weight excluding hydrogens is 430 g/mol. The van der Waals surface area contributed by atoms with Crippen LogP contribution in [0.2, 0.25) is 0 Å². The first-order chi connectivity index (χ1) is 15.1. The highest BCUT2D eigenvalue weighted by molar-refractivity contribution is 7.92. The molecule has 9 heteroatoms. The Labute approximate surface area is 190 Å². The summed E-state index contributed by atoms with van der Waals surface area (Å²) in [5, 5.41) is 2.72. The Balaban J connectivity index is 2.36. The number of carbonyl (C=O) groups is 2. The Morgan fingerprint density at radius 1 is 1.12 bits per heavy atom. The van der Waals surface area contributed by atoms with E-state index in [-0.39, 0.29) is 12.5 Å². The van der Waals surface area contributed by atoms with E-state index in [9.17, 15) is 18.0 Å². The van der Waals surface area contributed by atoms with E-state index >= 15 is 0 Å². The number of likely N-dealkylation sites (N-methyl/N-ethyl adjacent to an activating group) is 1. The fourth-order valence-corrected chi connectivity index (χ4v) is 4.07. The van der Waals surface area contributed by atoms with Gasteiger partial charge >= 0.3 is 0 Å². The van der Waals surface area contributed by atoms with E-state index in [4.69, 9.17) is 4.74 Å². The van der Waals surface area contributed by atoms with Crippen LogP contribution >= 0.6 is 0 Å². The molecule has 0 unspecified atom stereocenters. The van der Waals surface area contributed by atoms with Crippen LogP contribution in [0.5, 0.6) is 5.75 Å². The molecule has 0 aliphatic carbocycles. The SMILES string of the molecule is CCNC(=O)[C@H](C)N(Cc1ccc(OC)cc1)C(=O)CN(c1cccc(C)c1)S(C)(=O)=O. The molecule has 0 spiro atoms. The molecule has 8 nitrogen and oxygen atoms in total. The maximum Gasteiger partial charge on any atom is 0.244 e. The number of nitrogens with one attached hydrogen (secondary N) is 1. The van der Waals surface area contributed by atoms with Crippen molar-refractivity contribution < 1.29 is 22.7 Å². The maximum atomic E-state index is 13.4. The lowest BCUT2D eigenvalue weighted by molar-refractivity contribution is -0.139. The van der Waals surface area contributed by atoms with E-state index in [1.54, 1.807) is 63.4 Å². The Morgan fingerprint density at radius 2 is 1.78 bits per heavy atom. The number of aryl methyl sites for hydroxylation is 1. The zero-order valence-electron chi connectivity index (χ0n) is 19.2. The van der Waals surface area contributed by atoms with Crippen LogP contribution in [0.3, 0.4) is 0 Å². The van der Waals surface area contributed by atoms with Gasteiger partial charge < -0.3 is 15.0 Å². The number of amides is 2. The summed E-state index contributed by atoms with van der Waals surface area (Å²) in [6, 6.07) is 13.3. The van der Waals surface area contributed by atoms with Gasteiger partial charge in [0.1, 0.15) is 18.3 Å². The van der Waals surface area contributed by atoms with Crippen molar-refractivity contribution in [3.05, 3.63) is 59.7 Å². The van der Waals surface area contributed by atoms with Gasteiger partial charge in [-0.2, -0.15) is 0 Å². The Hall–Kier alpha value is -3.07. The number of rotatable bonds is 10. The molecule has 0 fully saturated rings. The molecule has 0 radical (unpaired) electrons. The van der Waals surface area contributed by atoms with Crippen molar-refractivity contribution >= 4 is 27.5 Å². The van der Waals surface area contributed by atoms with Crippen LogP contribution in [0.15, 0.2) is 48.5 Å². The molecule has 2 aromatic carbocycles. The van der Waals surface area contributed by atoms with E-state index in [1.165, 1.54) is 4.90 Å². The van der Waals surface area contributed by atoms with Crippen LogP contribution in [-0.2, 0) is 26.2 Å². The largest absolute Gasteiger partial charge is 0.497 e. The lowest BCUT2D eigenvalue weighted by Crippen LogP contribution is -2.51. The number of benzene rings is 2. The summed E-state index contributed by atoms with van der Waals surface area (Å²) in [6.45, 7) is 5.42. The summed E-state index contributed by atoms with van der Waals surface area (Å²) in [5.41, 5.74) is 2.06. The van der Waals surface area contributed by atoms with Gasteiger partial charge in [0.15, 0.2) is 0 Å². The minimum Gasteiger partial charge on any atom is -0.497 e. The quantitative estimate of drug-likeness (QED) is 0.586. The normalized spacial score (nSPS) is 12.0. The van der Waals surface area contributed by atoms with Gasteiger partial charge in [-0.3, -0.25) is 13.9 Å². The average molecular weight is 462 g/mol. The highest BCUT2D eigenvalue weighted by Gasteiger charge is 2.29. The maximum absolute atomic E-state index is 13.4. The number of hydrogen-bond donors (Lipinski definition) is 1. The molecule has 174 valence electrons. The summed E-state index contributed by atoms with van der Waals surface area (Å²) in [7, 11) is -2.17. The minimum atomic E-state index is -3.73. The van der Waals surface area contributed by atoms with Crippen molar-refractivity contribution in [3.63, 3.8) is 0 Å². The predicted molar refractivity (Wildman–Crippen MR) is 125 cm³/mol. The Morgan fingerprint density at radius 3 is 2.31 bits per heavy atom. The van der Waals surface area contributed by atoms with E-state index in [0.717, 1.165) is 21.7 Å². The third-order valence-corrected chi connectivity index (χ3v) is 6.14. The molecule has 1 N–H and O–H groups in total. The van der Waals surface area contributed by atoms with Gasteiger partial charge in [-0.25, -0.2) is 8.42 Å². The van der Waals surface area contributed by atoms with Crippen molar-refractivity contribution in [2.75, 3.05) is 30.8 Å². The summed E-state index contributed by atoms with van der Waals surface area (Å²) >= 11 is 0. The monoisotopic (exact) mass is 461 g/mol. The van der Waals surface area contributed by atoms with Gasteiger partial charge in [-0.1, -0.05) is 24.3 Å². The third kappa shape index (κ3) is 6.71. The molecule has 0 saturated heterocycles. The van der Waals surface area contributed by atoms with Crippen LogP contribution in [0, 0.1) is 6.92 Å². The molecule has 32 heavy (non-hydrogen) atoms. The highest BCUT2D eigenvalue weighted by atomic mass is 32.2. The van der Waals surface area contributed by atoms with Crippen molar-refractivity contribution in [1.82, 2.24) is 10.2 Å². The number of ether oxygens (including phenoxy) is 1. The average Bonchev–Trinajstić information content (AvgIpc) is 2.75. The standard InChI is InChI=1S/C23H31N3O5S/c1-6-24-23(28)18(3)25(15-19-10-12-21(31-4)13-11-19)22(27)16-26(32(5,29)30)20-9-7-8-17(2)14-20/h7-14,18H,6,15-16H2,1-5H3,(H,24,28)/t18-/m0/s1. The Kier molecular flexibility index (Phi) is 8.65. The van der Waals surface area contributed by atoms with Gasteiger partial charge in [0, 0.05) is 13.1 Å². The second-order valence-electron chi connectivity index (χ2n) is 7.55. The van der Waals surface area contributed by atoms with Crippen LogP contribution in [0.4, 0.5) is 5.69 Å². The number of hydrogen-bond acceptors (Lipinski definition) is 5.